The van der Waals surface area contributed by atoms with Crippen LogP contribution >= 0.6 is 23.4 Å². The first-order valence-electron chi connectivity index (χ1n) is 11.5. The Morgan fingerprint density at radius 2 is 1.76 bits per heavy atom. The molecule has 2 aromatic heterocycles. The van der Waals surface area contributed by atoms with E-state index in [0.29, 0.717) is 44.6 Å². The summed E-state index contributed by atoms with van der Waals surface area (Å²) in [6.45, 7) is 0. The van der Waals surface area contributed by atoms with Crippen molar-refractivity contribution in [1.29, 1.82) is 0 Å². The predicted octanol–water partition coefficient (Wildman–Crippen LogP) is 7.16. The summed E-state index contributed by atoms with van der Waals surface area (Å²) < 4.78 is 12.4. The highest BCUT2D eigenvalue weighted by Gasteiger charge is 2.28. The number of nitrogens with zero attached hydrogens (tertiary/aromatic N) is 4. The van der Waals surface area contributed by atoms with Crippen molar-refractivity contribution >= 4 is 34.7 Å². The lowest BCUT2D eigenvalue weighted by atomic mass is 10.1. The zero-order valence-corrected chi connectivity index (χ0v) is 21.1. The van der Waals surface area contributed by atoms with E-state index in [1.165, 1.54) is 23.9 Å². The number of hydrogen-bond acceptors (Lipinski definition) is 9. The van der Waals surface area contributed by atoms with Gasteiger partial charge < -0.3 is 14.5 Å². The van der Waals surface area contributed by atoms with Gasteiger partial charge in [-0.05, 0) is 42.0 Å². The van der Waals surface area contributed by atoms with Gasteiger partial charge in [0.2, 0.25) is 17.3 Å². The van der Waals surface area contributed by atoms with Crippen LogP contribution in [0.25, 0.3) is 22.6 Å². The van der Waals surface area contributed by atoms with Crippen LogP contribution in [0.2, 0.25) is 5.02 Å². The molecule has 0 amide bonds. The number of halogens is 1. The zero-order chi connectivity index (χ0) is 26.1. The van der Waals surface area contributed by atoms with E-state index in [1.54, 1.807) is 24.3 Å². The first kappa shape index (κ1) is 24.0. The maximum Gasteiger partial charge on any atom is 0.269 e. The summed E-state index contributed by atoms with van der Waals surface area (Å²) in [6, 6.07) is 25.0. The SMILES string of the molecule is O=[N+]([O-])c1ccc(-c2ccc([C@@H]3Nc4ccccc4-c4nnc(SCc5ccccc5Cl)nc4O3)o2)cc1. The number of nitro groups is 1. The van der Waals surface area contributed by atoms with Crippen LogP contribution in [0.1, 0.15) is 17.6 Å². The average molecular weight is 544 g/mol. The van der Waals surface area contributed by atoms with Crippen LogP contribution in [0.5, 0.6) is 5.88 Å². The van der Waals surface area contributed by atoms with Gasteiger partial charge in [0.05, 0.1) is 4.92 Å². The Balaban J connectivity index is 1.30. The second-order valence-electron chi connectivity index (χ2n) is 8.32. The maximum atomic E-state index is 11.0. The molecule has 3 heterocycles. The highest BCUT2D eigenvalue weighted by atomic mass is 35.5. The third-order valence-electron chi connectivity index (χ3n) is 5.90. The molecule has 0 saturated heterocycles. The molecule has 0 unspecified atom stereocenters. The highest BCUT2D eigenvalue weighted by molar-refractivity contribution is 7.98. The topological polar surface area (TPSA) is 116 Å². The molecule has 9 nitrogen and oxygen atoms in total. The standard InChI is InChI=1S/C27H18ClN5O4S/c28-20-7-3-1-5-17(20)15-38-27-30-26-24(31-32-27)19-6-2-4-8-21(19)29-25(37-26)23-14-13-22(36-23)16-9-11-18(12-10-16)33(34)35/h1-14,25,29H,15H2/t25-/m1/s1. The fourth-order valence-electron chi connectivity index (χ4n) is 3.99. The molecule has 38 heavy (non-hydrogen) atoms. The summed E-state index contributed by atoms with van der Waals surface area (Å²) in [7, 11) is 0. The van der Waals surface area contributed by atoms with Crippen molar-refractivity contribution in [2.45, 2.75) is 17.1 Å². The molecule has 3 aromatic carbocycles. The number of anilines is 1. The smallest absolute Gasteiger partial charge is 0.269 e. The van der Waals surface area contributed by atoms with Gasteiger partial charge in [-0.2, -0.15) is 4.98 Å². The third kappa shape index (κ3) is 4.79. The molecule has 5 aromatic rings. The number of benzene rings is 3. The van der Waals surface area contributed by atoms with Crippen LogP contribution in [-0.4, -0.2) is 20.1 Å². The van der Waals surface area contributed by atoms with Gasteiger partial charge in [0.1, 0.15) is 5.76 Å². The fraction of sp³-hybridized carbons (Fsp3) is 0.0741. The van der Waals surface area contributed by atoms with Crippen molar-refractivity contribution < 1.29 is 14.1 Å². The van der Waals surface area contributed by atoms with Crippen molar-refractivity contribution in [1.82, 2.24) is 15.2 Å². The molecule has 1 N–H and O–H groups in total. The van der Waals surface area contributed by atoms with Crippen LogP contribution in [0.4, 0.5) is 11.4 Å². The Kier molecular flexibility index (Phi) is 6.40. The monoisotopic (exact) mass is 543 g/mol. The van der Waals surface area contributed by atoms with Crippen molar-refractivity contribution in [2.24, 2.45) is 0 Å². The quantitative estimate of drug-likeness (QED) is 0.135. The van der Waals surface area contributed by atoms with E-state index >= 15 is 0 Å². The lowest BCUT2D eigenvalue weighted by Gasteiger charge is -2.16. The summed E-state index contributed by atoms with van der Waals surface area (Å²) >= 11 is 7.70. The van der Waals surface area contributed by atoms with E-state index in [0.717, 1.165) is 16.8 Å². The summed E-state index contributed by atoms with van der Waals surface area (Å²) in [6.07, 6.45) is -0.706. The van der Waals surface area contributed by atoms with E-state index in [-0.39, 0.29) is 5.69 Å². The van der Waals surface area contributed by atoms with Gasteiger partial charge >= 0.3 is 0 Å². The van der Waals surface area contributed by atoms with Crippen molar-refractivity contribution in [2.75, 3.05) is 5.32 Å². The largest absolute Gasteiger partial charge is 0.455 e. The number of thioether (sulfide) groups is 1. The van der Waals surface area contributed by atoms with Gasteiger partial charge in [-0.1, -0.05) is 59.8 Å². The number of nitrogens with one attached hydrogen (secondary N) is 1. The molecule has 0 saturated carbocycles. The van der Waals surface area contributed by atoms with Crippen LogP contribution in [0.15, 0.2) is 94.5 Å². The molecule has 6 rings (SSSR count). The third-order valence-corrected chi connectivity index (χ3v) is 7.15. The second kappa shape index (κ2) is 10.2. The molecule has 1 aliphatic rings. The van der Waals surface area contributed by atoms with Gasteiger partial charge in [0, 0.05) is 39.7 Å². The summed E-state index contributed by atoms with van der Waals surface area (Å²) in [5, 5.41) is 24.2. The Morgan fingerprint density at radius 1 is 0.974 bits per heavy atom. The first-order chi connectivity index (χ1) is 18.5. The summed E-state index contributed by atoms with van der Waals surface area (Å²) in [4.78, 5) is 15.2. The number of rotatable bonds is 6. The Morgan fingerprint density at radius 3 is 2.58 bits per heavy atom. The summed E-state index contributed by atoms with van der Waals surface area (Å²) in [5.41, 5.74) is 3.79. The van der Waals surface area contributed by atoms with Crippen molar-refractivity contribution in [3.63, 3.8) is 0 Å². The Bertz CT molecular complexity index is 1640. The molecule has 0 bridgehead atoms. The van der Waals surface area contributed by atoms with Gasteiger partial charge in [-0.3, -0.25) is 10.1 Å². The van der Waals surface area contributed by atoms with Crippen LogP contribution in [0.3, 0.4) is 0 Å². The van der Waals surface area contributed by atoms with E-state index in [2.05, 4.69) is 20.5 Å². The number of ether oxygens (including phenoxy) is 1. The van der Waals surface area contributed by atoms with Gasteiger partial charge in [0.15, 0.2) is 11.5 Å². The molecule has 1 aliphatic heterocycles. The number of aromatic nitrogens is 3. The normalized spacial score (nSPS) is 14.0. The number of furan rings is 1. The number of hydrogen-bond donors (Lipinski definition) is 1. The Labute approximate surface area is 226 Å². The lowest BCUT2D eigenvalue weighted by molar-refractivity contribution is -0.384. The van der Waals surface area contributed by atoms with E-state index in [9.17, 15) is 10.1 Å². The fourth-order valence-corrected chi connectivity index (χ4v) is 5.06. The average Bonchev–Trinajstić information content (AvgIpc) is 3.37. The van der Waals surface area contributed by atoms with Crippen molar-refractivity contribution in [3.8, 4) is 28.5 Å². The molecule has 11 heteroatoms. The molecule has 0 radical (unpaired) electrons. The van der Waals surface area contributed by atoms with Crippen LogP contribution in [-0.2, 0) is 5.75 Å². The van der Waals surface area contributed by atoms with Gasteiger partial charge in [-0.15, -0.1) is 10.2 Å². The molecule has 188 valence electrons. The van der Waals surface area contributed by atoms with E-state index < -0.39 is 11.2 Å². The summed E-state index contributed by atoms with van der Waals surface area (Å²) in [5.74, 6) is 1.95. The molecule has 0 spiro atoms. The number of fused-ring (bicyclic) bond motifs is 3. The minimum atomic E-state index is -0.706. The molecular weight excluding hydrogens is 526 g/mol. The number of non-ortho nitro benzene ring substituents is 1. The Hall–Kier alpha value is -4.41. The number of nitro benzene ring substituents is 1. The second-order valence-corrected chi connectivity index (χ2v) is 9.67. The molecule has 0 aliphatic carbocycles. The minimum Gasteiger partial charge on any atom is -0.455 e. The first-order valence-corrected chi connectivity index (χ1v) is 12.9. The van der Waals surface area contributed by atoms with Crippen LogP contribution in [0, 0.1) is 10.1 Å². The number of para-hydroxylation sites is 1. The van der Waals surface area contributed by atoms with Crippen molar-refractivity contribution in [3.05, 3.63) is 111 Å². The van der Waals surface area contributed by atoms with E-state index in [1.807, 2.05) is 48.5 Å². The van der Waals surface area contributed by atoms with Crippen LogP contribution < -0.4 is 10.1 Å². The predicted molar refractivity (Wildman–Crippen MR) is 144 cm³/mol. The van der Waals surface area contributed by atoms with Gasteiger partial charge in [-0.25, -0.2) is 0 Å². The lowest BCUT2D eigenvalue weighted by Crippen LogP contribution is -2.16. The van der Waals surface area contributed by atoms with E-state index in [4.69, 9.17) is 20.8 Å². The molecule has 0 fully saturated rings. The molecular formula is C27H18ClN5O4S. The maximum absolute atomic E-state index is 11.0. The minimum absolute atomic E-state index is 0.0119. The molecule has 1 atom stereocenters. The zero-order valence-electron chi connectivity index (χ0n) is 19.6. The van der Waals surface area contributed by atoms with Gasteiger partial charge in [0.25, 0.3) is 5.69 Å². The highest BCUT2D eigenvalue weighted by Crippen LogP contribution is 2.40.